The first kappa shape index (κ1) is 49.4. The predicted octanol–water partition coefficient (Wildman–Crippen LogP) is 12.3. The molecule has 0 aliphatic heterocycles. The van der Waals surface area contributed by atoms with Crippen molar-refractivity contribution in [2.45, 2.75) is 46.7 Å². The molecule has 0 spiro atoms. The molecule has 354 valence electrons. The average molecular weight is 1070 g/mol. The van der Waals surface area contributed by atoms with Crippen LogP contribution in [0.15, 0.2) is 148 Å². The number of anilines is 4. The van der Waals surface area contributed by atoms with Crippen molar-refractivity contribution in [2.24, 2.45) is 0 Å². The highest BCUT2D eigenvalue weighted by Crippen LogP contribution is 2.34. The number of fused-ring (bicyclic) bond motifs is 2. The Kier molecular flexibility index (Phi) is 15.3. The zero-order chi connectivity index (χ0) is 49.6. The van der Waals surface area contributed by atoms with E-state index in [1.165, 1.54) is 4.88 Å². The molecule has 14 nitrogen and oxygen atoms in total. The van der Waals surface area contributed by atoms with Gasteiger partial charge in [0.05, 0.1) is 47.9 Å². The molecule has 0 aliphatic carbocycles. The minimum atomic E-state index is -0.314. The zero-order valence-corrected chi connectivity index (χ0v) is 43.1. The summed E-state index contributed by atoms with van der Waals surface area (Å²) in [5, 5.41) is 12.1. The van der Waals surface area contributed by atoms with Gasteiger partial charge in [-0.1, -0.05) is 83.9 Å². The van der Waals surface area contributed by atoms with Crippen molar-refractivity contribution < 1.29 is 0 Å². The number of nitrogens with zero attached hydrogens (tertiary/aromatic N) is 8. The quantitative estimate of drug-likeness (QED) is 0.107. The van der Waals surface area contributed by atoms with Gasteiger partial charge in [-0.05, 0) is 110 Å². The number of hydrogen-bond acceptors (Lipinski definition) is 14. The van der Waals surface area contributed by atoms with E-state index in [0.717, 1.165) is 54.0 Å². The molecule has 70 heavy (non-hydrogen) atoms. The summed E-state index contributed by atoms with van der Waals surface area (Å²) in [5.74, 6) is 1.40. The summed E-state index contributed by atoms with van der Waals surface area (Å²) in [5.41, 5.74) is 15.0. The van der Waals surface area contributed by atoms with Crippen molar-refractivity contribution >= 4 is 107 Å². The first-order valence-corrected chi connectivity index (χ1v) is 24.9. The van der Waals surface area contributed by atoms with Crippen LogP contribution < -0.4 is 33.2 Å². The molecular weight excluding hydrogens is 1030 g/mol. The number of hydrogen-bond donors (Lipinski definition) is 4. The summed E-state index contributed by atoms with van der Waals surface area (Å²) < 4.78 is 4.03. The molecule has 0 saturated carbocycles. The van der Waals surface area contributed by atoms with E-state index in [1.807, 2.05) is 137 Å². The lowest BCUT2D eigenvalue weighted by atomic mass is 10.1. The van der Waals surface area contributed by atoms with Gasteiger partial charge in [-0.25, -0.2) is 19.9 Å². The van der Waals surface area contributed by atoms with Gasteiger partial charge < -0.3 is 22.1 Å². The van der Waals surface area contributed by atoms with Crippen LogP contribution in [0, 0.1) is 20.8 Å². The topological polar surface area (TPSA) is 197 Å². The van der Waals surface area contributed by atoms with Crippen molar-refractivity contribution in [2.75, 3.05) is 22.1 Å². The van der Waals surface area contributed by atoms with Gasteiger partial charge in [0.15, 0.2) is 0 Å². The van der Waals surface area contributed by atoms with Crippen LogP contribution in [-0.2, 0) is 0 Å². The standard InChI is InChI=1S/C25H21ClN6OS.C21H17BrClN5O.C5H7NS/c1-14-12-28-23(34-14)18-13-29-25(27)31-22(18)30-15(2)20-11-16-7-6-10-19(26)21(16)24(33)32(20)17-8-4-3-5-9-17;1-12(26-19-15(22)11-25-21(24)27-19)17-10-13-6-5-9-16(23)18(13)20(29)28(17)14-7-3-2-4-8-14;1-4-3-6-5(2)7-4/h3-13,15H,1-2H3,(H3,27,29,30,31);2-12H,1H3,(H3,24,25,26,27);3H,1-2H3/t15-;12-;/m00./s1. The third-order valence-electron chi connectivity index (χ3n) is 10.8. The Labute approximate surface area is 429 Å². The van der Waals surface area contributed by atoms with Crippen LogP contribution in [0.2, 0.25) is 10.0 Å². The van der Waals surface area contributed by atoms with E-state index < -0.39 is 0 Å². The van der Waals surface area contributed by atoms with Crippen LogP contribution in [0.25, 0.3) is 43.5 Å². The maximum atomic E-state index is 13.7. The fraction of sp³-hybridized carbons (Fsp3) is 0.137. The number of nitrogens with two attached hydrogens (primary N) is 2. The lowest BCUT2D eigenvalue weighted by Crippen LogP contribution is -2.26. The molecule has 0 unspecified atom stereocenters. The minimum absolute atomic E-state index is 0.150. The van der Waals surface area contributed by atoms with Crippen molar-refractivity contribution in [1.82, 2.24) is 39.0 Å². The maximum absolute atomic E-state index is 13.7. The highest BCUT2D eigenvalue weighted by Gasteiger charge is 2.22. The van der Waals surface area contributed by atoms with Gasteiger partial charge in [0, 0.05) is 57.3 Å². The number of nitrogens with one attached hydrogen (secondary N) is 2. The molecule has 0 fully saturated rings. The van der Waals surface area contributed by atoms with E-state index in [2.05, 4.69) is 63.4 Å². The molecule has 0 amide bonds. The van der Waals surface area contributed by atoms with Crippen LogP contribution in [-0.4, -0.2) is 39.0 Å². The fourth-order valence-corrected chi connectivity index (χ4v) is 9.93. The summed E-state index contributed by atoms with van der Waals surface area (Å²) in [7, 11) is 0. The van der Waals surface area contributed by atoms with Gasteiger partial charge in [0.1, 0.15) is 16.6 Å². The van der Waals surface area contributed by atoms with Gasteiger partial charge >= 0.3 is 0 Å². The van der Waals surface area contributed by atoms with E-state index in [9.17, 15) is 9.59 Å². The van der Waals surface area contributed by atoms with Crippen LogP contribution in [0.3, 0.4) is 0 Å². The maximum Gasteiger partial charge on any atom is 0.264 e. The number of para-hydroxylation sites is 2. The molecule has 0 saturated heterocycles. The van der Waals surface area contributed by atoms with Crippen LogP contribution in [0.4, 0.5) is 23.5 Å². The summed E-state index contributed by atoms with van der Waals surface area (Å²) in [6, 6.07) is 33.2. The number of aromatic nitrogens is 8. The predicted molar refractivity (Wildman–Crippen MR) is 291 cm³/mol. The number of aryl methyl sites for hydroxylation is 3. The van der Waals surface area contributed by atoms with Crippen molar-refractivity contribution in [3.63, 3.8) is 0 Å². The molecule has 6 N–H and O–H groups in total. The molecule has 6 heterocycles. The second kappa shape index (κ2) is 21.7. The van der Waals surface area contributed by atoms with E-state index in [0.29, 0.717) is 36.9 Å². The Morgan fingerprint density at radius 1 is 0.586 bits per heavy atom. The Bertz CT molecular complexity index is 3590. The molecular formula is C51H45BrCl2N12O2S2. The van der Waals surface area contributed by atoms with Crippen molar-refractivity contribution in [3.05, 3.63) is 195 Å². The normalized spacial score (nSPS) is 11.8. The Morgan fingerprint density at radius 3 is 1.51 bits per heavy atom. The SMILES string of the molecule is C[C@H](Nc1nc(N)ncc1Br)c1cc2cccc(Cl)c2c(=O)n1-c1ccccc1.Cc1cnc(-c2cnc(N)nc2N[C@@H](C)c2cc3cccc(Cl)c3c(=O)n2-c2ccccc2)s1.Cc1cnc(C)s1. The number of pyridine rings is 2. The fourth-order valence-electron chi connectivity index (χ4n) is 7.65. The number of halogens is 3. The summed E-state index contributed by atoms with van der Waals surface area (Å²) in [6.07, 6.45) is 6.95. The third kappa shape index (κ3) is 11.0. The monoisotopic (exact) mass is 1070 g/mol. The smallest absolute Gasteiger partial charge is 0.264 e. The molecule has 0 radical (unpaired) electrons. The summed E-state index contributed by atoms with van der Waals surface area (Å²) in [6.45, 7) is 9.99. The highest BCUT2D eigenvalue weighted by atomic mass is 79.9. The molecule has 2 atom stereocenters. The second-order valence-electron chi connectivity index (χ2n) is 15.9. The lowest BCUT2D eigenvalue weighted by Gasteiger charge is -2.22. The number of benzene rings is 4. The molecule has 10 rings (SSSR count). The van der Waals surface area contributed by atoms with E-state index in [-0.39, 0.29) is 35.1 Å². The molecule has 10 aromatic rings. The van der Waals surface area contributed by atoms with Gasteiger partial charge in [-0.15, -0.1) is 22.7 Å². The molecule has 0 bridgehead atoms. The minimum Gasteiger partial charge on any atom is -0.368 e. The first-order valence-electron chi connectivity index (χ1n) is 21.7. The molecule has 0 aliphatic rings. The van der Waals surface area contributed by atoms with Crippen LogP contribution in [0.5, 0.6) is 0 Å². The molecule has 19 heteroatoms. The number of rotatable bonds is 9. The third-order valence-corrected chi connectivity index (χ3v) is 13.8. The van der Waals surface area contributed by atoms with Crippen molar-refractivity contribution in [3.8, 4) is 21.9 Å². The largest absolute Gasteiger partial charge is 0.368 e. The highest BCUT2D eigenvalue weighted by molar-refractivity contribution is 9.10. The van der Waals surface area contributed by atoms with E-state index in [4.69, 9.17) is 34.7 Å². The first-order chi connectivity index (χ1) is 33.7. The summed E-state index contributed by atoms with van der Waals surface area (Å²) >= 11 is 19.5. The average Bonchev–Trinajstić information content (AvgIpc) is 3.96. The van der Waals surface area contributed by atoms with Gasteiger partial charge in [0.2, 0.25) is 11.9 Å². The van der Waals surface area contributed by atoms with Gasteiger partial charge in [-0.2, -0.15) is 9.97 Å². The Balaban J connectivity index is 0.000000167. The molecule has 6 aromatic heterocycles. The number of nitrogen functional groups attached to an aromatic ring is 2. The van der Waals surface area contributed by atoms with E-state index in [1.54, 1.807) is 56.3 Å². The Hall–Kier alpha value is -7.02. The number of thiazole rings is 2. The van der Waals surface area contributed by atoms with E-state index >= 15 is 0 Å². The second-order valence-corrected chi connectivity index (χ2v) is 20.3. The van der Waals surface area contributed by atoms with Crippen LogP contribution in [0.1, 0.15) is 52.1 Å². The summed E-state index contributed by atoms with van der Waals surface area (Å²) in [4.78, 5) is 54.8. The van der Waals surface area contributed by atoms with Crippen LogP contribution >= 0.6 is 61.8 Å². The lowest BCUT2D eigenvalue weighted by molar-refractivity contribution is 0.772. The van der Waals surface area contributed by atoms with Gasteiger partial charge in [-0.3, -0.25) is 18.7 Å². The molecule has 4 aromatic carbocycles. The zero-order valence-electron chi connectivity index (χ0n) is 38.4. The van der Waals surface area contributed by atoms with Crippen molar-refractivity contribution in [1.29, 1.82) is 0 Å². The van der Waals surface area contributed by atoms with Gasteiger partial charge in [0.25, 0.3) is 11.1 Å². The Morgan fingerprint density at radius 2 is 1.06 bits per heavy atom.